The fraction of sp³-hybridized carbons (Fsp3) is 0.520. The molecule has 0 unspecified atom stereocenters. The lowest BCUT2D eigenvalue weighted by atomic mass is 9.79. The molecule has 1 amide bonds. The number of amides is 1. The number of nitrogens with zero attached hydrogens (tertiary/aromatic N) is 2. The maximum Gasteiger partial charge on any atom is 0.326 e. The van der Waals surface area contributed by atoms with Crippen LogP contribution in [-0.4, -0.2) is 52.2 Å². The number of hydrogen-bond acceptors (Lipinski definition) is 6. The Labute approximate surface area is 204 Å². The van der Waals surface area contributed by atoms with E-state index in [1.165, 1.54) is 5.56 Å². The first-order valence-corrected chi connectivity index (χ1v) is 12.3. The molecule has 0 bridgehead atoms. The number of carbonyl (C=O) groups excluding carboxylic acids is 1. The van der Waals surface area contributed by atoms with Crippen LogP contribution in [0.1, 0.15) is 59.5 Å². The molecule has 4 rings (SSSR count). The lowest BCUT2D eigenvalue weighted by Crippen LogP contribution is -2.42. The van der Waals surface area contributed by atoms with Gasteiger partial charge in [-0.1, -0.05) is 17.7 Å². The van der Waals surface area contributed by atoms with Crippen molar-refractivity contribution in [3.63, 3.8) is 0 Å². The van der Waals surface area contributed by atoms with Crippen molar-refractivity contribution in [3.8, 4) is 0 Å². The number of anilines is 1. The van der Waals surface area contributed by atoms with Crippen molar-refractivity contribution < 1.29 is 19.4 Å². The predicted molar refractivity (Wildman–Crippen MR) is 129 cm³/mol. The molecule has 2 aliphatic rings. The first kappa shape index (κ1) is 24.4. The molecule has 1 aliphatic carbocycles. The zero-order chi connectivity index (χ0) is 24.1. The van der Waals surface area contributed by atoms with Crippen LogP contribution in [0.2, 0.25) is 5.02 Å². The summed E-state index contributed by atoms with van der Waals surface area (Å²) in [5.41, 5.74) is 3.09. The van der Waals surface area contributed by atoms with Gasteiger partial charge in [-0.25, -0.2) is 14.8 Å². The van der Waals surface area contributed by atoms with Gasteiger partial charge in [0.05, 0.1) is 11.1 Å². The minimum absolute atomic E-state index is 0.0277. The number of rotatable bonds is 10. The highest BCUT2D eigenvalue weighted by molar-refractivity contribution is 6.33. The largest absolute Gasteiger partial charge is 0.480 e. The Balaban J connectivity index is 1.16. The van der Waals surface area contributed by atoms with Crippen molar-refractivity contribution >= 4 is 29.3 Å². The van der Waals surface area contributed by atoms with Crippen LogP contribution >= 0.6 is 11.6 Å². The van der Waals surface area contributed by atoms with Crippen LogP contribution in [0.15, 0.2) is 24.3 Å². The Morgan fingerprint density at radius 3 is 2.88 bits per heavy atom. The third-order valence-corrected chi connectivity index (χ3v) is 6.82. The topological polar surface area (TPSA) is 113 Å². The van der Waals surface area contributed by atoms with Crippen molar-refractivity contribution in [3.05, 3.63) is 51.9 Å². The van der Waals surface area contributed by atoms with Gasteiger partial charge in [0.25, 0.3) is 5.91 Å². The van der Waals surface area contributed by atoms with Gasteiger partial charge in [-0.05, 0) is 75.1 Å². The fourth-order valence-corrected chi connectivity index (χ4v) is 4.63. The van der Waals surface area contributed by atoms with Gasteiger partial charge < -0.3 is 20.5 Å². The summed E-state index contributed by atoms with van der Waals surface area (Å²) < 4.78 is 5.86. The van der Waals surface area contributed by atoms with Crippen LogP contribution in [0.3, 0.4) is 0 Å². The van der Waals surface area contributed by atoms with E-state index < -0.39 is 17.9 Å². The molecule has 0 aromatic carbocycles. The zero-order valence-electron chi connectivity index (χ0n) is 19.3. The number of halogens is 1. The van der Waals surface area contributed by atoms with E-state index in [1.807, 2.05) is 0 Å². The Morgan fingerprint density at radius 1 is 1.26 bits per heavy atom. The minimum atomic E-state index is -1.11. The number of carboxylic acids is 1. The molecule has 0 saturated heterocycles. The second kappa shape index (κ2) is 11.1. The molecule has 9 heteroatoms. The summed E-state index contributed by atoms with van der Waals surface area (Å²) in [5.74, 6) is -0.0746. The van der Waals surface area contributed by atoms with Crippen molar-refractivity contribution in [2.45, 2.75) is 64.0 Å². The van der Waals surface area contributed by atoms with Gasteiger partial charge in [0.2, 0.25) is 0 Å². The van der Waals surface area contributed by atoms with E-state index in [9.17, 15) is 14.7 Å². The van der Waals surface area contributed by atoms with Crippen LogP contribution in [0.25, 0.3) is 0 Å². The molecule has 1 saturated carbocycles. The molecule has 2 aromatic heterocycles. The number of ether oxygens (including phenoxy) is 1. The molecule has 2 aromatic rings. The van der Waals surface area contributed by atoms with Gasteiger partial charge in [-0.3, -0.25) is 4.79 Å². The first-order valence-electron chi connectivity index (χ1n) is 11.9. The Hall–Kier alpha value is -2.71. The normalized spacial score (nSPS) is 19.9. The molecule has 3 heterocycles. The molecule has 0 radical (unpaired) electrons. The molecule has 34 heavy (non-hydrogen) atoms. The number of aromatic nitrogens is 2. The molecule has 0 spiro atoms. The number of hydrogen-bond donors (Lipinski definition) is 3. The van der Waals surface area contributed by atoms with E-state index in [-0.39, 0.29) is 29.8 Å². The van der Waals surface area contributed by atoms with E-state index >= 15 is 0 Å². The van der Waals surface area contributed by atoms with Crippen LogP contribution in [0.4, 0.5) is 5.82 Å². The smallest absolute Gasteiger partial charge is 0.326 e. The summed E-state index contributed by atoms with van der Waals surface area (Å²) in [6, 6.07) is 6.53. The highest BCUT2D eigenvalue weighted by Gasteiger charge is 2.30. The van der Waals surface area contributed by atoms with Crippen LogP contribution in [0, 0.1) is 12.8 Å². The first-order chi connectivity index (χ1) is 16.4. The number of carbonyl (C=O) groups is 2. The Kier molecular flexibility index (Phi) is 8.00. The molecule has 182 valence electrons. The maximum atomic E-state index is 12.4. The van der Waals surface area contributed by atoms with Crippen molar-refractivity contribution in [1.29, 1.82) is 0 Å². The summed E-state index contributed by atoms with van der Waals surface area (Å²) in [6.07, 6.45) is 6.54. The number of aliphatic carboxylic acids is 1. The second-order valence-corrected chi connectivity index (χ2v) is 9.55. The molecule has 1 fully saturated rings. The molecular formula is C25H31ClN4O4. The summed E-state index contributed by atoms with van der Waals surface area (Å²) >= 11 is 6.03. The van der Waals surface area contributed by atoms with E-state index in [0.717, 1.165) is 56.6 Å². The molecule has 3 N–H and O–H groups in total. The highest BCUT2D eigenvalue weighted by atomic mass is 35.5. The summed E-state index contributed by atoms with van der Waals surface area (Å²) in [5, 5.41) is 15.6. The average Bonchev–Trinajstić information content (AvgIpc) is 2.80. The quantitative estimate of drug-likeness (QED) is 0.468. The summed E-state index contributed by atoms with van der Waals surface area (Å²) in [7, 11) is 0. The van der Waals surface area contributed by atoms with Gasteiger partial charge in [0.1, 0.15) is 17.6 Å². The van der Waals surface area contributed by atoms with Gasteiger partial charge >= 0.3 is 5.97 Å². The Morgan fingerprint density at radius 2 is 2.09 bits per heavy atom. The molecule has 8 nitrogen and oxygen atoms in total. The molecule has 1 atom stereocenters. The standard InChI is InChI=1S/C25H31ClN4O4/c1-15-4-9-20(26)22(28-15)24(31)30-21(25(32)33)10-12-34-19-13-16(14-19)5-7-18-8-6-17-3-2-11-27-23(17)29-18/h4,6,8-9,16,19,21H,2-3,5,7,10-14H2,1H3,(H,27,29)(H,30,31)(H,32,33)/t16-,19+,21-/m0/s1. The highest BCUT2D eigenvalue weighted by Crippen LogP contribution is 2.34. The van der Waals surface area contributed by atoms with E-state index in [0.29, 0.717) is 11.6 Å². The lowest BCUT2D eigenvalue weighted by Gasteiger charge is -2.35. The van der Waals surface area contributed by atoms with Crippen LogP contribution < -0.4 is 10.6 Å². The SMILES string of the molecule is Cc1ccc(Cl)c(C(=O)N[C@@H](CCO[C@H]2C[C@@H](CCc3ccc4c(n3)NCCC4)C2)C(=O)O)n1. The number of fused-ring (bicyclic) bond motifs is 1. The maximum absolute atomic E-state index is 12.4. The van der Waals surface area contributed by atoms with Crippen molar-refractivity contribution in [2.24, 2.45) is 5.92 Å². The Bertz CT molecular complexity index is 1040. The van der Waals surface area contributed by atoms with E-state index in [2.05, 4.69) is 27.8 Å². The van der Waals surface area contributed by atoms with E-state index in [4.69, 9.17) is 21.3 Å². The second-order valence-electron chi connectivity index (χ2n) is 9.15. The lowest BCUT2D eigenvalue weighted by molar-refractivity contribution is -0.140. The van der Waals surface area contributed by atoms with Gasteiger partial charge in [0, 0.05) is 31.0 Å². The van der Waals surface area contributed by atoms with Gasteiger partial charge in [-0.2, -0.15) is 0 Å². The number of carboxylic acid groups (broad SMARTS) is 1. The van der Waals surface area contributed by atoms with Gasteiger partial charge in [-0.15, -0.1) is 0 Å². The average molecular weight is 487 g/mol. The summed E-state index contributed by atoms with van der Waals surface area (Å²) in [6.45, 7) is 3.00. The molecule has 1 aliphatic heterocycles. The van der Waals surface area contributed by atoms with Gasteiger partial charge in [0.15, 0.2) is 0 Å². The molecular weight excluding hydrogens is 456 g/mol. The predicted octanol–water partition coefficient (Wildman–Crippen LogP) is 3.80. The summed E-state index contributed by atoms with van der Waals surface area (Å²) in [4.78, 5) is 32.9. The van der Waals surface area contributed by atoms with Crippen molar-refractivity contribution in [1.82, 2.24) is 15.3 Å². The fourth-order valence-electron chi connectivity index (χ4n) is 4.44. The van der Waals surface area contributed by atoms with Crippen LogP contribution in [0.5, 0.6) is 0 Å². The third-order valence-electron chi connectivity index (χ3n) is 6.52. The third kappa shape index (κ3) is 6.24. The van der Waals surface area contributed by atoms with Crippen LogP contribution in [-0.2, 0) is 22.4 Å². The van der Waals surface area contributed by atoms with E-state index in [1.54, 1.807) is 19.1 Å². The monoisotopic (exact) mass is 486 g/mol. The number of aryl methyl sites for hydroxylation is 3. The number of nitrogens with one attached hydrogen (secondary N) is 2. The number of pyridine rings is 2. The zero-order valence-corrected chi connectivity index (χ0v) is 20.1. The minimum Gasteiger partial charge on any atom is -0.480 e. The van der Waals surface area contributed by atoms with Crippen molar-refractivity contribution in [2.75, 3.05) is 18.5 Å².